The van der Waals surface area contributed by atoms with Crippen LogP contribution in [-0.2, 0) is 9.84 Å². The van der Waals surface area contributed by atoms with Gasteiger partial charge in [0.2, 0.25) is 0 Å². The predicted octanol–water partition coefficient (Wildman–Crippen LogP) is 2.62. The topological polar surface area (TPSA) is 43.4 Å². The zero-order chi connectivity index (χ0) is 15.0. The second kappa shape index (κ2) is 8.13. The van der Waals surface area contributed by atoms with Crippen molar-refractivity contribution in [2.24, 2.45) is 0 Å². The Balaban J connectivity index is 2.52. The third-order valence-electron chi connectivity index (χ3n) is 2.54. The quantitative estimate of drug-likeness (QED) is 0.460. The maximum absolute atomic E-state index is 13.6. The molecule has 0 aliphatic rings. The molecule has 0 unspecified atom stereocenters. The van der Waals surface area contributed by atoms with Gasteiger partial charge in [0.05, 0.1) is 23.8 Å². The fourth-order valence-electron chi connectivity index (χ4n) is 1.43. The van der Waals surface area contributed by atoms with E-state index in [0.717, 1.165) is 0 Å². The number of ether oxygens (including phenoxy) is 1. The molecule has 1 aromatic carbocycles. The standard InChI is InChI=1S/C14H16ClFO3S/c1-2-20(17,18)10-4-9-19-13-7-6-12(5-3-8-15)14(16)11-13/h6-7,11H,2,4,8-10H2,1H3. The Hall–Kier alpha value is -1.25. The maximum Gasteiger partial charge on any atom is 0.150 e. The van der Waals surface area contributed by atoms with E-state index >= 15 is 0 Å². The summed E-state index contributed by atoms with van der Waals surface area (Å²) >= 11 is 5.40. The normalized spacial score (nSPS) is 10.8. The van der Waals surface area contributed by atoms with Gasteiger partial charge in [0.25, 0.3) is 0 Å². The van der Waals surface area contributed by atoms with Gasteiger partial charge < -0.3 is 4.74 Å². The molecule has 0 aliphatic carbocycles. The van der Waals surface area contributed by atoms with Gasteiger partial charge in [-0.05, 0) is 18.6 Å². The molecule has 0 heterocycles. The number of halogens is 2. The van der Waals surface area contributed by atoms with Crippen molar-refractivity contribution in [3.05, 3.63) is 29.6 Å². The summed E-state index contributed by atoms with van der Waals surface area (Å²) in [5, 5.41) is 0. The van der Waals surface area contributed by atoms with Gasteiger partial charge >= 0.3 is 0 Å². The average Bonchev–Trinajstić information content (AvgIpc) is 2.43. The Morgan fingerprint density at radius 3 is 2.75 bits per heavy atom. The molecule has 0 saturated heterocycles. The third kappa shape index (κ3) is 5.81. The van der Waals surface area contributed by atoms with E-state index in [4.69, 9.17) is 16.3 Å². The van der Waals surface area contributed by atoms with Gasteiger partial charge in [-0.3, -0.25) is 0 Å². The first kappa shape index (κ1) is 16.8. The lowest BCUT2D eigenvalue weighted by Crippen LogP contribution is -2.11. The molecule has 1 rings (SSSR count). The van der Waals surface area contributed by atoms with Crippen molar-refractivity contribution >= 4 is 21.4 Å². The summed E-state index contributed by atoms with van der Waals surface area (Å²) in [5.41, 5.74) is 0.256. The Morgan fingerprint density at radius 1 is 1.40 bits per heavy atom. The van der Waals surface area contributed by atoms with Crippen LogP contribution in [0.5, 0.6) is 5.75 Å². The zero-order valence-electron chi connectivity index (χ0n) is 11.2. The van der Waals surface area contributed by atoms with E-state index in [1.54, 1.807) is 13.0 Å². The Labute approximate surface area is 124 Å². The van der Waals surface area contributed by atoms with E-state index in [0.29, 0.717) is 12.2 Å². The number of sulfone groups is 1. The monoisotopic (exact) mass is 318 g/mol. The molecular formula is C14H16ClFO3S. The lowest BCUT2D eigenvalue weighted by atomic mass is 10.2. The number of rotatable bonds is 6. The molecule has 110 valence electrons. The van der Waals surface area contributed by atoms with Crippen LogP contribution in [0.25, 0.3) is 0 Å². The molecule has 0 spiro atoms. The van der Waals surface area contributed by atoms with Crippen molar-refractivity contribution in [3.8, 4) is 17.6 Å². The first-order valence-corrected chi connectivity index (χ1v) is 8.51. The molecule has 0 bridgehead atoms. The number of alkyl halides is 1. The van der Waals surface area contributed by atoms with Crippen molar-refractivity contribution in [1.82, 2.24) is 0 Å². The first-order valence-electron chi connectivity index (χ1n) is 6.16. The molecule has 3 nitrogen and oxygen atoms in total. The molecule has 0 aromatic heterocycles. The van der Waals surface area contributed by atoms with Crippen LogP contribution in [0.4, 0.5) is 4.39 Å². The van der Waals surface area contributed by atoms with Gasteiger partial charge in [0, 0.05) is 11.8 Å². The minimum Gasteiger partial charge on any atom is -0.493 e. The van der Waals surface area contributed by atoms with Crippen molar-refractivity contribution in [1.29, 1.82) is 0 Å². The molecule has 1 aromatic rings. The SMILES string of the molecule is CCS(=O)(=O)CCCOc1ccc(C#CCCl)c(F)c1. The zero-order valence-corrected chi connectivity index (χ0v) is 12.7. The van der Waals surface area contributed by atoms with E-state index in [2.05, 4.69) is 11.8 Å². The van der Waals surface area contributed by atoms with Gasteiger partial charge in [0.15, 0.2) is 0 Å². The number of benzene rings is 1. The highest BCUT2D eigenvalue weighted by molar-refractivity contribution is 7.91. The minimum absolute atomic E-state index is 0.0747. The Morgan fingerprint density at radius 2 is 2.15 bits per heavy atom. The van der Waals surface area contributed by atoms with Gasteiger partial charge in [-0.15, -0.1) is 11.6 Å². The highest BCUT2D eigenvalue weighted by Gasteiger charge is 2.07. The highest BCUT2D eigenvalue weighted by Crippen LogP contribution is 2.16. The molecular weight excluding hydrogens is 303 g/mol. The fraction of sp³-hybridized carbons (Fsp3) is 0.429. The molecule has 0 N–H and O–H groups in total. The summed E-state index contributed by atoms with van der Waals surface area (Å²) in [6.07, 6.45) is 0.381. The van der Waals surface area contributed by atoms with Crippen LogP contribution in [0.1, 0.15) is 18.9 Å². The lowest BCUT2D eigenvalue weighted by molar-refractivity contribution is 0.316. The van der Waals surface area contributed by atoms with Crippen molar-refractivity contribution < 1.29 is 17.5 Å². The molecule has 0 fully saturated rings. The summed E-state index contributed by atoms with van der Waals surface area (Å²) < 4.78 is 41.4. The van der Waals surface area contributed by atoms with E-state index in [1.807, 2.05) is 0 Å². The largest absolute Gasteiger partial charge is 0.493 e. The smallest absolute Gasteiger partial charge is 0.150 e. The van der Waals surface area contributed by atoms with E-state index in [1.165, 1.54) is 12.1 Å². The Bertz CT molecular complexity index is 603. The molecule has 6 heteroatoms. The third-order valence-corrected chi connectivity index (χ3v) is 4.46. The maximum atomic E-state index is 13.6. The summed E-state index contributed by atoms with van der Waals surface area (Å²) in [6.45, 7) is 1.83. The molecule has 0 saturated carbocycles. The highest BCUT2D eigenvalue weighted by atomic mass is 35.5. The first-order chi connectivity index (χ1) is 9.48. The van der Waals surface area contributed by atoms with Crippen molar-refractivity contribution in [2.45, 2.75) is 13.3 Å². The summed E-state index contributed by atoms with van der Waals surface area (Å²) in [6, 6.07) is 4.33. The van der Waals surface area contributed by atoms with Crippen molar-refractivity contribution in [2.75, 3.05) is 24.0 Å². The van der Waals surface area contributed by atoms with E-state index in [9.17, 15) is 12.8 Å². The van der Waals surface area contributed by atoms with Crippen LogP contribution >= 0.6 is 11.6 Å². The molecule has 0 amide bonds. The Kier molecular flexibility index (Phi) is 6.83. The minimum atomic E-state index is -2.98. The summed E-state index contributed by atoms with van der Waals surface area (Å²) in [7, 11) is -2.98. The van der Waals surface area contributed by atoms with Crippen LogP contribution in [0.2, 0.25) is 0 Å². The van der Waals surface area contributed by atoms with E-state index < -0.39 is 15.7 Å². The molecule has 0 aliphatic heterocycles. The van der Waals surface area contributed by atoms with Gasteiger partial charge in [-0.25, -0.2) is 12.8 Å². The van der Waals surface area contributed by atoms with Crippen LogP contribution < -0.4 is 4.74 Å². The lowest BCUT2D eigenvalue weighted by Gasteiger charge is -2.06. The summed E-state index contributed by atoms with van der Waals surface area (Å²) in [5.74, 6) is 5.37. The number of hydrogen-bond acceptors (Lipinski definition) is 3. The molecule has 0 atom stereocenters. The van der Waals surface area contributed by atoms with Crippen LogP contribution in [-0.4, -0.2) is 32.4 Å². The van der Waals surface area contributed by atoms with Crippen LogP contribution in [0, 0.1) is 17.7 Å². The molecule has 0 radical (unpaired) electrons. The predicted molar refractivity (Wildman–Crippen MR) is 78.4 cm³/mol. The number of hydrogen-bond donors (Lipinski definition) is 0. The van der Waals surface area contributed by atoms with E-state index in [-0.39, 0.29) is 29.6 Å². The van der Waals surface area contributed by atoms with Gasteiger partial charge in [-0.2, -0.15) is 0 Å². The van der Waals surface area contributed by atoms with Crippen molar-refractivity contribution in [3.63, 3.8) is 0 Å². The van der Waals surface area contributed by atoms with Crippen LogP contribution in [0.15, 0.2) is 18.2 Å². The molecule has 20 heavy (non-hydrogen) atoms. The van der Waals surface area contributed by atoms with Crippen LogP contribution in [0.3, 0.4) is 0 Å². The second-order valence-electron chi connectivity index (χ2n) is 4.02. The van der Waals surface area contributed by atoms with Gasteiger partial charge in [-0.1, -0.05) is 18.8 Å². The average molecular weight is 319 g/mol. The summed E-state index contributed by atoms with van der Waals surface area (Å²) in [4.78, 5) is 0. The fourth-order valence-corrected chi connectivity index (χ4v) is 2.34. The van der Waals surface area contributed by atoms with Gasteiger partial charge in [0.1, 0.15) is 21.4 Å². The second-order valence-corrected chi connectivity index (χ2v) is 6.76.